The Balaban J connectivity index is 1.92. The molecular weight excluding hydrogens is 404 g/mol. The molecule has 0 bridgehead atoms. The third-order valence-corrected chi connectivity index (χ3v) is 17.6. The summed E-state index contributed by atoms with van der Waals surface area (Å²) in [7, 11) is -2.34. The summed E-state index contributed by atoms with van der Waals surface area (Å²) in [4.78, 5) is 0. The van der Waals surface area contributed by atoms with Gasteiger partial charge in [-0.15, -0.1) is 0 Å². The molecule has 0 aromatic carbocycles. The van der Waals surface area contributed by atoms with E-state index in [1.165, 1.54) is 96.3 Å². The van der Waals surface area contributed by atoms with Crippen LogP contribution in [0.3, 0.4) is 0 Å². The van der Waals surface area contributed by atoms with Crippen molar-refractivity contribution >= 4 is 8.32 Å². The summed E-state index contributed by atoms with van der Waals surface area (Å²) in [5.41, 5.74) is 1.83. The Morgan fingerprint density at radius 2 is 1.07 bits per heavy atom. The van der Waals surface area contributed by atoms with Crippen LogP contribution in [0.4, 0.5) is 0 Å². The van der Waals surface area contributed by atoms with Gasteiger partial charge in [0.15, 0.2) is 0 Å². The molecule has 2 N–H and O–H groups in total. The number of rotatable bonds is 8. The minimum atomic E-state index is -4.68. The second-order valence-corrected chi connectivity index (χ2v) is 17.7. The van der Waals surface area contributed by atoms with Crippen LogP contribution in [0.2, 0.25) is 16.6 Å². The van der Waals surface area contributed by atoms with Crippen molar-refractivity contribution in [2.75, 3.05) is 6.61 Å². The van der Waals surface area contributed by atoms with Gasteiger partial charge in [0, 0.05) is 0 Å². The molecule has 0 aromatic rings. The van der Waals surface area contributed by atoms with Crippen molar-refractivity contribution < 1.29 is 31.8 Å². The molecule has 0 aromatic heterocycles. The summed E-state index contributed by atoms with van der Waals surface area (Å²) in [6.07, 6.45) is 19.3. The SMILES string of the molecule is CC(C)C[O][Ti]([OH])([OH])[O][Si](C1CCCCC1)(C1CCCCC1)C1CCCCC1. The van der Waals surface area contributed by atoms with Gasteiger partial charge in [-0.2, -0.15) is 0 Å². The van der Waals surface area contributed by atoms with Crippen molar-refractivity contribution in [3.63, 3.8) is 0 Å². The van der Waals surface area contributed by atoms with Crippen LogP contribution in [-0.2, 0) is 24.5 Å². The molecule has 0 amide bonds. The van der Waals surface area contributed by atoms with E-state index in [1.807, 2.05) is 0 Å². The number of hydrogen-bond acceptors (Lipinski definition) is 4. The second-order valence-electron chi connectivity index (χ2n) is 10.2. The summed E-state index contributed by atoms with van der Waals surface area (Å²) in [6, 6.07) is 0. The van der Waals surface area contributed by atoms with Crippen LogP contribution in [0.5, 0.6) is 0 Å². The van der Waals surface area contributed by atoms with Gasteiger partial charge in [-0.25, -0.2) is 0 Å². The van der Waals surface area contributed by atoms with Gasteiger partial charge in [-0.1, -0.05) is 0 Å². The summed E-state index contributed by atoms with van der Waals surface area (Å²) >= 11 is -4.68. The molecule has 0 unspecified atom stereocenters. The van der Waals surface area contributed by atoms with Gasteiger partial charge in [0.2, 0.25) is 0 Å². The third-order valence-electron chi connectivity index (χ3n) is 7.64. The first-order valence-electron chi connectivity index (χ1n) is 12.2. The van der Waals surface area contributed by atoms with Crippen LogP contribution < -0.4 is 0 Å². The average molecular weight is 449 g/mol. The maximum atomic E-state index is 11.0. The average Bonchev–Trinajstić information content (AvgIpc) is 2.73. The molecule has 164 valence electrons. The Hall–Kier alpha value is 0.771. The van der Waals surface area contributed by atoms with Gasteiger partial charge < -0.3 is 0 Å². The molecule has 4 nitrogen and oxygen atoms in total. The summed E-state index contributed by atoms with van der Waals surface area (Å²) in [5.74, 6) is 0.294. The predicted molar refractivity (Wildman–Crippen MR) is 113 cm³/mol. The normalized spacial score (nSPS) is 24.8. The molecule has 6 heteroatoms. The van der Waals surface area contributed by atoms with E-state index < -0.39 is 26.5 Å². The first kappa shape index (κ1) is 23.4. The molecule has 0 heterocycles. The molecule has 0 radical (unpaired) electrons. The van der Waals surface area contributed by atoms with Crippen molar-refractivity contribution in [3.8, 4) is 0 Å². The summed E-state index contributed by atoms with van der Waals surface area (Å²) in [6.45, 7) is 4.52. The first-order chi connectivity index (χ1) is 13.4. The van der Waals surface area contributed by atoms with Crippen LogP contribution in [0.25, 0.3) is 0 Å². The maximum absolute atomic E-state index is 11.0. The molecule has 3 aliphatic rings. The van der Waals surface area contributed by atoms with Crippen LogP contribution >= 0.6 is 0 Å². The Bertz CT molecular complexity index is 410. The molecule has 0 spiro atoms. The van der Waals surface area contributed by atoms with Gasteiger partial charge in [0.25, 0.3) is 0 Å². The quantitative estimate of drug-likeness (QED) is 0.421. The van der Waals surface area contributed by atoms with Crippen LogP contribution in [0, 0.1) is 5.92 Å². The predicted octanol–water partition coefficient (Wildman–Crippen LogP) is 6.42. The molecule has 3 rings (SSSR count). The van der Waals surface area contributed by atoms with Gasteiger partial charge in [0.1, 0.15) is 0 Å². The van der Waals surface area contributed by atoms with Crippen LogP contribution in [-0.4, -0.2) is 22.3 Å². The summed E-state index contributed by atoms with van der Waals surface area (Å²) in [5, 5.41) is 0. The molecule has 0 aliphatic heterocycles. The second kappa shape index (κ2) is 10.9. The molecular formula is C22H44O4SiTi. The van der Waals surface area contributed by atoms with Gasteiger partial charge in [-0.05, 0) is 0 Å². The van der Waals surface area contributed by atoms with Crippen molar-refractivity contribution in [1.29, 1.82) is 0 Å². The van der Waals surface area contributed by atoms with E-state index in [1.54, 1.807) is 0 Å². The standard InChI is InChI=1S/C18H33OSi.C4H9O.2H2O.Ti/c19-20(16-10-4-1-5-11-16,17-12-6-2-7-13-17)18-14-8-3-9-15-18;1-4(2)3-5;;;/h16-18H,1-15H2;4H,3H2,1-2H3;2*1H2;/q2*-1;;;+4/p-2. The molecule has 28 heavy (non-hydrogen) atoms. The van der Waals surface area contributed by atoms with Gasteiger partial charge in [-0.3, -0.25) is 0 Å². The Morgan fingerprint density at radius 3 is 1.39 bits per heavy atom. The van der Waals surface area contributed by atoms with Gasteiger partial charge in [0.05, 0.1) is 0 Å². The van der Waals surface area contributed by atoms with E-state index in [9.17, 15) is 7.38 Å². The number of hydrogen-bond donors (Lipinski definition) is 2. The Morgan fingerprint density at radius 1 is 0.714 bits per heavy atom. The fourth-order valence-corrected chi connectivity index (χ4v) is 19.0. The Kier molecular flexibility index (Phi) is 9.11. The topological polar surface area (TPSA) is 58.9 Å². The molecule has 0 saturated heterocycles. The fraction of sp³-hybridized carbons (Fsp3) is 1.00. The van der Waals surface area contributed by atoms with Crippen molar-refractivity contribution in [1.82, 2.24) is 0 Å². The first-order valence-corrected chi connectivity index (χ1v) is 17.0. The van der Waals surface area contributed by atoms with E-state index in [0.29, 0.717) is 29.1 Å². The van der Waals surface area contributed by atoms with E-state index in [2.05, 4.69) is 13.8 Å². The molecule has 0 atom stereocenters. The van der Waals surface area contributed by atoms with Crippen LogP contribution in [0.15, 0.2) is 0 Å². The zero-order valence-electron chi connectivity index (χ0n) is 18.3. The summed E-state index contributed by atoms with van der Waals surface area (Å²) < 4.78 is 34.6. The zero-order valence-corrected chi connectivity index (χ0v) is 20.9. The van der Waals surface area contributed by atoms with Crippen molar-refractivity contribution in [2.24, 2.45) is 5.92 Å². The van der Waals surface area contributed by atoms with Crippen molar-refractivity contribution in [3.05, 3.63) is 0 Å². The fourth-order valence-electron chi connectivity index (χ4n) is 6.45. The van der Waals surface area contributed by atoms with E-state index in [0.717, 1.165) is 0 Å². The molecule has 3 aliphatic carbocycles. The third kappa shape index (κ3) is 5.93. The zero-order chi connectivity index (χ0) is 20.0. The van der Waals surface area contributed by atoms with E-state index in [-0.39, 0.29) is 0 Å². The Labute approximate surface area is 179 Å². The molecule has 3 saturated carbocycles. The van der Waals surface area contributed by atoms with E-state index in [4.69, 9.17) is 6.33 Å². The van der Waals surface area contributed by atoms with E-state index >= 15 is 0 Å². The minimum absolute atomic E-state index is 0.294. The monoisotopic (exact) mass is 448 g/mol. The van der Waals surface area contributed by atoms with Crippen molar-refractivity contribution in [2.45, 2.75) is 127 Å². The molecule has 3 fully saturated rings. The van der Waals surface area contributed by atoms with Gasteiger partial charge >= 0.3 is 179 Å². The van der Waals surface area contributed by atoms with Crippen LogP contribution in [0.1, 0.15) is 110 Å².